The Hall–Kier alpha value is -1.39. The number of aromatic nitrogens is 1. The number of thiazole rings is 1. The van der Waals surface area contributed by atoms with Gasteiger partial charge in [0.25, 0.3) is 0 Å². The van der Waals surface area contributed by atoms with Crippen molar-refractivity contribution < 1.29 is 0 Å². The lowest BCUT2D eigenvalue weighted by molar-refractivity contribution is 0.677. The molecule has 2 heterocycles. The normalized spacial score (nSPS) is 18.4. The molecule has 0 atom stereocenters. The summed E-state index contributed by atoms with van der Waals surface area (Å²) in [4.78, 5) is 8.73. The van der Waals surface area contributed by atoms with E-state index in [1.807, 2.05) is 11.3 Å². The summed E-state index contributed by atoms with van der Waals surface area (Å²) in [6.45, 7) is 3.23. The first-order chi connectivity index (χ1) is 10.4. The highest BCUT2D eigenvalue weighted by Crippen LogP contribution is 2.36. The van der Waals surface area contributed by atoms with Gasteiger partial charge in [0.15, 0.2) is 5.13 Å². The van der Waals surface area contributed by atoms with E-state index >= 15 is 0 Å². The van der Waals surface area contributed by atoms with Gasteiger partial charge in [0, 0.05) is 25.7 Å². The second-order valence-electron chi connectivity index (χ2n) is 5.99. The molecule has 2 aliphatic rings. The van der Waals surface area contributed by atoms with E-state index in [4.69, 9.17) is 4.98 Å². The van der Waals surface area contributed by atoms with Crippen molar-refractivity contribution in [2.24, 2.45) is 0 Å². The zero-order valence-corrected chi connectivity index (χ0v) is 13.0. The predicted molar refractivity (Wildman–Crippen MR) is 88.9 cm³/mol. The van der Waals surface area contributed by atoms with Crippen molar-refractivity contribution in [3.05, 3.63) is 36.0 Å². The number of hydrogen-bond donors (Lipinski definition) is 1. The molecule has 0 radical (unpaired) electrons. The lowest BCUT2D eigenvalue weighted by Crippen LogP contribution is -2.18. The number of hydrogen-bond acceptors (Lipinski definition) is 4. The minimum Gasteiger partial charge on any atom is -0.348 e. The molecule has 0 unspecified atom stereocenters. The zero-order valence-electron chi connectivity index (χ0n) is 12.2. The second kappa shape index (κ2) is 5.78. The van der Waals surface area contributed by atoms with Crippen molar-refractivity contribution >= 4 is 16.5 Å². The number of nitrogens with one attached hydrogen (secondary N) is 1. The van der Waals surface area contributed by atoms with Crippen LogP contribution in [0.1, 0.15) is 31.4 Å². The first-order valence-electron chi connectivity index (χ1n) is 7.93. The molecular weight excluding hydrogens is 278 g/mol. The molecule has 1 aromatic carbocycles. The third-order valence-electron chi connectivity index (χ3n) is 4.23. The van der Waals surface area contributed by atoms with E-state index in [1.165, 1.54) is 46.9 Å². The molecule has 0 spiro atoms. The maximum atomic E-state index is 4.95. The van der Waals surface area contributed by atoms with Gasteiger partial charge in [0.1, 0.15) is 0 Å². The van der Waals surface area contributed by atoms with E-state index in [-0.39, 0.29) is 0 Å². The minimum absolute atomic E-state index is 0.727. The highest BCUT2D eigenvalue weighted by molar-refractivity contribution is 7.19. The average molecular weight is 299 g/mol. The average Bonchev–Trinajstić information content (AvgIpc) is 3.03. The summed E-state index contributed by atoms with van der Waals surface area (Å²) >= 11 is 1.86. The van der Waals surface area contributed by atoms with Crippen molar-refractivity contribution in [1.29, 1.82) is 0 Å². The molecule has 1 N–H and O–H groups in total. The fourth-order valence-electron chi connectivity index (χ4n) is 2.85. The van der Waals surface area contributed by atoms with Crippen LogP contribution in [0.4, 0.5) is 5.13 Å². The second-order valence-corrected chi connectivity index (χ2v) is 6.97. The quantitative estimate of drug-likeness (QED) is 0.913. The highest BCUT2D eigenvalue weighted by atomic mass is 32.1. The minimum atomic E-state index is 0.727. The number of benzene rings is 1. The van der Waals surface area contributed by atoms with Crippen LogP contribution in [0.3, 0.4) is 0 Å². The Labute approximate surface area is 130 Å². The first-order valence-corrected chi connectivity index (χ1v) is 8.75. The zero-order chi connectivity index (χ0) is 14.1. The molecule has 1 aliphatic carbocycles. The third-order valence-corrected chi connectivity index (χ3v) is 5.44. The Morgan fingerprint density at radius 2 is 1.90 bits per heavy atom. The Morgan fingerprint density at radius 3 is 2.62 bits per heavy atom. The van der Waals surface area contributed by atoms with Crippen LogP contribution in [0.5, 0.6) is 0 Å². The van der Waals surface area contributed by atoms with Gasteiger partial charge in [-0.1, -0.05) is 41.7 Å². The molecule has 2 aromatic rings. The van der Waals surface area contributed by atoms with Gasteiger partial charge in [0.05, 0.1) is 10.6 Å². The highest BCUT2D eigenvalue weighted by Gasteiger charge is 2.23. The Kier molecular flexibility index (Phi) is 3.65. The van der Waals surface area contributed by atoms with Crippen LogP contribution in [0.15, 0.2) is 30.3 Å². The van der Waals surface area contributed by atoms with E-state index < -0.39 is 0 Å². The summed E-state index contributed by atoms with van der Waals surface area (Å²) in [5, 5.41) is 4.82. The summed E-state index contributed by atoms with van der Waals surface area (Å²) in [5.74, 6) is 0. The molecular formula is C17H21N3S. The van der Waals surface area contributed by atoms with E-state index in [2.05, 4.69) is 40.5 Å². The lowest BCUT2D eigenvalue weighted by Gasteiger charge is -2.12. The molecule has 21 heavy (non-hydrogen) atoms. The van der Waals surface area contributed by atoms with Gasteiger partial charge in [-0.15, -0.1) is 0 Å². The summed E-state index contributed by atoms with van der Waals surface area (Å²) < 4.78 is 0. The first kappa shape index (κ1) is 13.3. The van der Waals surface area contributed by atoms with Crippen molar-refractivity contribution in [1.82, 2.24) is 10.3 Å². The lowest BCUT2D eigenvalue weighted by atomic mass is 10.1. The van der Waals surface area contributed by atoms with Crippen LogP contribution in [0.2, 0.25) is 0 Å². The van der Waals surface area contributed by atoms with E-state index in [1.54, 1.807) is 0 Å². The number of nitrogens with zero attached hydrogens (tertiary/aromatic N) is 2. The molecule has 1 saturated carbocycles. The summed E-state index contributed by atoms with van der Waals surface area (Å²) in [5.41, 5.74) is 2.52. The number of rotatable bonds is 5. The Balaban J connectivity index is 1.64. The van der Waals surface area contributed by atoms with E-state index in [0.717, 1.165) is 25.7 Å². The van der Waals surface area contributed by atoms with Gasteiger partial charge in [-0.05, 0) is 31.2 Å². The van der Waals surface area contributed by atoms with Crippen LogP contribution in [-0.2, 0) is 6.54 Å². The van der Waals surface area contributed by atoms with Crippen molar-refractivity contribution in [2.75, 3.05) is 18.0 Å². The van der Waals surface area contributed by atoms with E-state index in [0.29, 0.717) is 0 Å². The van der Waals surface area contributed by atoms with Crippen LogP contribution >= 0.6 is 11.3 Å². The van der Waals surface area contributed by atoms with Crippen molar-refractivity contribution in [3.8, 4) is 10.4 Å². The maximum Gasteiger partial charge on any atom is 0.186 e. The van der Waals surface area contributed by atoms with Gasteiger partial charge >= 0.3 is 0 Å². The van der Waals surface area contributed by atoms with Gasteiger partial charge in [-0.3, -0.25) is 0 Å². The van der Waals surface area contributed by atoms with Gasteiger partial charge < -0.3 is 10.2 Å². The van der Waals surface area contributed by atoms with Gasteiger partial charge in [-0.2, -0.15) is 0 Å². The van der Waals surface area contributed by atoms with Crippen molar-refractivity contribution in [2.45, 2.75) is 38.3 Å². The fourth-order valence-corrected chi connectivity index (χ4v) is 3.99. The van der Waals surface area contributed by atoms with Crippen LogP contribution in [0, 0.1) is 0 Å². The predicted octanol–water partition coefficient (Wildman–Crippen LogP) is 3.66. The van der Waals surface area contributed by atoms with Crippen LogP contribution in [0.25, 0.3) is 10.4 Å². The van der Waals surface area contributed by atoms with Gasteiger partial charge in [0.2, 0.25) is 0 Å². The number of anilines is 1. The molecule has 2 fully saturated rings. The molecule has 3 nitrogen and oxygen atoms in total. The van der Waals surface area contributed by atoms with Gasteiger partial charge in [-0.25, -0.2) is 4.98 Å². The Morgan fingerprint density at radius 1 is 1.14 bits per heavy atom. The molecule has 0 amide bonds. The Bertz CT molecular complexity index is 598. The molecule has 1 aliphatic heterocycles. The summed E-state index contributed by atoms with van der Waals surface area (Å²) in [7, 11) is 0. The molecule has 1 saturated heterocycles. The molecule has 110 valence electrons. The molecule has 1 aromatic heterocycles. The molecule has 4 rings (SSSR count). The van der Waals surface area contributed by atoms with Crippen LogP contribution in [-0.4, -0.2) is 24.1 Å². The fraction of sp³-hybridized carbons (Fsp3) is 0.471. The smallest absolute Gasteiger partial charge is 0.186 e. The standard InChI is InChI=1S/C17H21N3S/c1-2-6-13(7-3-1)16-15(12-18-14-8-9-14)19-17(21-16)20-10-4-5-11-20/h1-3,6-7,14,18H,4-5,8-12H2. The van der Waals surface area contributed by atoms with E-state index in [9.17, 15) is 0 Å². The SMILES string of the molecule is c1ccc(-c2sc(N3CCCC3)nc2CNC2CC2)cc1. The maximum absolute atomic E-state index is 4.95. The molecule has 0 bridgehead atoms. The largest absolute Gasteiger partial charge is 0.348 e. The summed E-state index contributed by atoms with van der Waals surface area (Å²) in [6.07, 6.45) is 5.25. The topological polar surface area (TPSA) is 28.2 Å². The van der Waals surface area contributed by atoms with Crippen molar-refractivity contribution in [3.63, 3.8) is 0 Å². The molecule has 4 heteroatoms. The summed E-state index contributed by atoms with van der Waals surface area (Å²) in [6, 6.07) is 11.4. The monoisotopic (exact) mass is 299 g/mol. The third kappa shape index (κ3) is 2.97. The van der Waals surface area contributed by atoms with Crippen LogP contribution < -0.4 is 10.2 Å².